The lowest BCUT2D eigenvalue weighted by molar-refractivity contribution is -0.133. The minimum atomic E-state index is -0.198. The Labute approximate surface area is 179 Å². The van der Waals surface area contributed by atoms with E-state index in [2.05, 4.69) is 15.1 Å². The summed E-state index contributed by atoms with van der Waals surface area (Å²) in [4.78, 5) is 17.6. The zero-order valence-corrected chi connectivity index (χ0v) is 18.1. The first-order valence-electron chi connectivity index (χ1n) is 11.7. The quantitative estimate of drug-likeness (QED) is 0.659. The topological polar surface area (TPSA) is 44.8 Å². The first-order chi connectivity index (χ1) is 14.7. The number of amides is 1. The Bertz CT molecular complexity index is 684. The van der Waals surface area contributed by atoms with Crippen molar-refractivity contribution in [3.8, 4) is 0 Å². The number of benzene rings is 1. The molecule has 1 unspecified atom stereocenters. The third-order valence-corrected chi connectivity index (χ3v) is 7.28. The molecule has 166 valence electrons. The highest BCUT2D eigenvalue weighted by molar-refractivity contribution is 5.78. The molecule has 30 heavy (non-hydrogen) atoms. The van der Waals surface area contributed by atoms with Crippen LogP contribution in [0.5, 0.6) is 0 Å². The van der Waals surface area contributed by atoms with E-state index in [-0.39, 0.29) is 11.4 Å². The Morgan fingerprint density at radius 2 is 1.83 bits per heavy atom. The number of likely N-dealkylation sites (tertiary alicyclic amines) is 1. The summed E-state index contributed by atoms with van der Waals surface area (Å²) in [5.74, 6) is 0.132. The van der Waals surface area contributed by atoms with Crippen LogP contribution in [0.1, 0.15) is 56.9 Å². The maximum atomic E-state index is 13.0. The fourth-order valence-electron chi connectivity index (χ4n) is 5.55. The highest BCUT2D eigenvalue weighted by atomic mass is 19.1. The van der Waals surface area contributed by atoms with Crippen molar-refractivity contribution in [2.45, 2.75) is 69.5 Å². The SMILES string of the molecule is O=C1CCC(CCNCc2ccc(F)cc2)N1CC1(N2CCOCC2)CCCCC1. The summed E-state index contributed by atoms with van der Waals surface area (Å²) in [6, 6.07) is 6.98. The Morgan fingerprint density at radius 3 is 2.57 bits per heavy atom. The molecular weight excluding hydrogens is 381 g/mol. The molecule has 6 heteroatoms. The Morgan fingerprint density at radius 1 is 1.10 bits per heavy atom. The summed E-state index contributed by atoms with van der Waals surface area (Å²) in [6.45, 7) is 6.10. The first kappa shape index (κ1) is 21.7. The van der Waals surface area contributed by atoms with Crippen molar-refractivity contribution in [1.82, 2.24) is 15.1 Å². The predicted octanol–water partition coefficient (Wildman–Crippen LogP) is 3.33. The van der Waals surface area contributed by atoms with Gasteiger partial charge in [0.1, 0.15) is 5.82 Å². The van der Waals surface area contributed by atoms with Crippen molar-refractivity contribution >= 4 is 5.91 Å². The van der Waals surface area contributed by atoms with Gasteiger partial charge < -0.3 is 15.0 Å². The van der Waals surface area contributed by atoms with Gasteiger partial charge in [0.05, 0.1) is 13.2 Å². The van der Waals surface area contributed by atoms with E-state index in [1.807, 2.05) is 12.1 Å². The fraction of sp³-hybridized carbons (Fsp3) is 0.708. The molecule has 1 amide bonds. The van der Waals surface area contributed by atoms with E-state index < -0.39 is 0 Å². The molecule has 1 atom stereocenters. The molecule has 1 N–H and O–H groups in total. The third kappa shape index (κ3) is 5.21. The highest BCUT2D eigenvalue weighted by Crippen LogP contribution is 2.37. The van der Waals surface area contributed by atoms with Gasteiger partial charge in [0, 0.05) is 44.2 Å². The average molecular weight is 418 g/mol. The molecule has 1 saturated carbocycles. The smallest absolute Gasteiger partial charge is 0.222 e. The van der Waals surface area contributed by atoms with Crippen molar-refractivity contribution in [1.29, 1.82) is 0 Å². The zero-order valence-electron chi connectivity index (χ0n) is 18.1. The fourth-order valence-corrected chi connectivity index (χ4v) is 5.55. The molecule has 1 aromatic carbocycles. The first-order valence-corrected chi connectivity index (χ1v) is 11.7. The molecule has 2 aliphatic heterocycles. The van der Waals surface area contributed by atoms with E-state index in [4.69, 9.17) is 4.74 Å². The van der Waals surface area contributed by atoms with E-state index in [0.717, 1.165) is 64.3 Å². The molecule has 0 spiro atoms. The lowest BCUT2D eigenvalue weighted by Gasteiger charge is -2.50. The number of hydrogen-bond acceptors (Lipinski definition) is 4. The molecule has 1 aliphatic carbocycles. The van der Waals surface area contributed by atoms with Crippen LogP contribution in [0.2, 0.25) is 0 Å². The lowest BCUT2D eigenvalue weighted by atomic mass is 9.79. The number of hydrogen-bond donors (Lipinski definition) is 1. The molecule has 3 aliphatic rings. The summed E-state index contributed by atoms with van der Waals surface area (Å²) >= 11 is 0. The largest absolute Gasteiger partial charge is 0.379 e. The Hall–Kier alpha value is -1.50. The number of halogens is 1. The highest BCUT2D eigenvalue weighted by Gasteiger charge is 2.43. The molecule has 2 saturated heterocycles. The second kappa shape index (κ2) is 10.2. The Balaban J connectivity index is 1.33. The van der Waals surface area contributed by atoms with Crippen molar-refractivity contribution in [3.05, 3.63) is 35.6 Å². The van der Waals surface area contributed by atoms with Crippen LogP contribution in [-0.2, 0) is 16.1 Å². The minimum Gasteiger partial charge on any atom is -0.379 e. The van der Waals surface area contributed by atoms with Crippen LogP contribution < -0.4 is 5.32 Å². The van der Waals surface area contributed by atoms with Crippen LogP contribution in [0.4, 0.5) is 4.39 Å². The number of rotatable bonds is 8. The van der Waals surface area contributed by atoms with Crippen LogP contribution in [0.3, 0.4) is 0 Å². The van der Waals surface area contributed by atoms with Crippen molar-refractivity contribution < 1.29 is 13.9 Å². The van der Waals surface area contributed by atoms with E-state index in [1.165, 1.54) is 44.2 Å². The van der Waals surface area contributed by atoms with Gasteiger partial charge in [-0.05, 0) is 49.9 Å². The van der Waals surface area contributed by atoms with Crippen LogP contribution in [0, 0.1) is 5.82 Å². The van der Waals surface area contributed by atoms with Crippen molar-refractivity contribution in [2.75, 3.05) is 39.4 Å². The molecule has 0 bridgehead atoms. The van der Waals surface area contributed by atoms with E-state index in [1.54, 1.807) is 0 Å². The van der Waals surface area contributed by atoms with Gasteiger partial charge in [-0.15, -0.1) is 0 Å². The minimum absolute atomic E-state index is 0.141. The molecule has 0 radical (unpaired) electrons. The molecule has 1 aromatic rings. The number of carbonyl (C=O) groups is 1. The van der Waals surface area contributed by atoms with E-state index in [9.17, 15) is 9.18 Å². The number of ether oxygens (including phenoxy) is 1. The number of nitrogens with one attached hydrogen (secondary N) is 1. The standard InChI is InChI=1S/C24H36FN3O2/c25-21-6-4-20(5-7-21)18-26-13-10-22-8-9-23(29)28(22)19-24(11-2-1-3-12-24)27-14-16-30-17-15-27/h4-7,22,26H,1-3,8-19H2. The third-order valence-electron chi connectivity index (χ3n) is 7.28. The number of morpholine rings is 1. The normalized spacial score (nSPS) is 25.0. The monoisotopic (exact) mass is 417 g/mol. The van der Waals surface area contributed by atoms with Crippen LogP contribution in [0.25, 0.3) is 0 Å². The molecule has 3 fully saturated rings. The summed E-state index contributed by atoms with van der Waals surface area (Å²) in [5, 5.41) is 3.47. The van der Waals surface area contributed by atoms with Crippen LogP contribution in [0.15, 0.2) is 24.3 Å². The summed E-state index contributed by atoms with van der Waals surface area (Å²) in [7, 11) is 0. The van der Waals surface area contributed by atoms with Gasteiger partial charge in [-0.1, -0.05) is 31.4 Å². The summed E-state index contributed by atoms with van der Waals surface area (Å²) in [6.07, 6.45) is 8.88. The summed E-state index contributed by atoms with van der Waals surface area (Å²) in [5.41, 5.74) is 1.23. The van der Waals surface area contributed by atoms with E-state index >= 15 is 0 Å². The number of nitrogens with zero attached hydrogens (tertiary/aromatic N) is 2. The molecule has 0 aromatic heterocycles. The predicted molar refractivity (Wildman–Crippen MR) is 116 cm³/mol. The van der Waals surface area contributed by atoms with Gasteiger partial charge in [-0.25, -0.2) is 4.39 Å². The van der Waals surface area contributed by atoms with Crippen LogP contribution >= 0.6 is 0 Å². The van der Waals surface area contributed by atoms with Gasteiger partial charge in [-0.3, -0.25) is 9.69 Å². The molecule has 4 rings (SSSR count). The lowest BCUT2D eigenvalue weighted by Crippen LogP contribution is -2.60. The Kier molecular flexibility index (Phi) is 7.39. The second-order valence-corrected chi connectivity index (χ2v) is 9.19. The van der Waals surface area contributed by atoms with Gasteiger partial charge in [0.2, 0.25) is 5.91 Å². The van der Waals surface area contributed by atoms with Gasteiger partial charge >= 0.3 is 0 Å². The maximum absolute atomic E-state index is 13.0. The number of carbonyl (C=O) groups excluding carboxylic acids is 1. The summed E-state index contributed by atoms with van der Waals surface area (Å²) < 4.78 is 18.7. The molecule has 5 nitrogen and oxygen atoms in total. The molecular formula is C24H36FN3O2. The van der Waals surface area contributed by atoms with Crippen molar-refractivity contribution in [2.24, 2.45) is 0 Å². The zero-order chi connectivity index (χ0) is 20.8. The van der Waals surface area contributed by atoms with E-state index in [0.29, 0.717) is 18.4 Å². The van der Waals surface area contributed by atoms with Gasteiger partial charge in [-0.2, -0.15) is 0 Å². The molecule has 2 heterocycles. The van der Waals surface area contributed by atoms with Gasteiger partial charge in [0.15, 0.2) is 0 Å². The van der Waals surface area contributed by atoms with Crippen LogP contribution in [-0.4, -0.2) is 66.7 Å². The second-order valence-electron chi connectivity index (χ2n) is 9.19. The van der Waals surface area contributed by atoms with Crippen molar-refractivity contribution in [3.63, 3.8) is 0 Å². The average Bonchev–Trinajstić information content (AvgIpc) is 3.13. The maximum Gasteiger partial charge on any atom is 0.222 e. The van der Waals surface area contributed by atoms with Gasteiger partial charge in [0.25, 0.3) is 0 Å².